The number of benzene rings is 2. The molecule has 0 radical (unpaired) electrons. The van der Waals surface area contributed by atoms with Crippen LogP contribution in [0.25, 0.3) is 0 Å². The molecule has 4 rings (SSSR count). The van der Waals surface area contributed by atoms with Gasteiger partial charge in [-0.1, -0.05) is 12.1 Å². The van der Waals surface area contributed by atoms with Crippen LogP contribution in [0.1, 0.15) is 42.4 Å². The first-order chi connectivity index (χ1) is 13.6. The minimum atomic E-state index is -0.183. The second-order valence-electron chi connectivity index (χ2n) is 7.59. The van der Waals surface area contributed by atoms with Crippen LogP contribution in [0.4, 0.5) is 11.4 Å². The number of hydrogen-bond acceptors (Lipinski definition) is 3. The zero-order chi connectivity index (χ0) is 19.5. The van der Waals surface area contributed by atoms with Crippen LogP contribution in [0.3, 0.4) is 0 Å². The van der Waals surface area contributed by atoms with Crippen molar-refractivity contribution in [3.63, 3.8) is 0 Å². The van der Waals surface area contributed by atoms with Crippen LogP contribution in [0.5, 0.6) is 5.75 Å². The predicted octanol–water partition coefficient (Wildman–Crippen LogP) is 4.02. The summed E-state index contributed by atoms with van der Waals surface area (Å²) < 4.78 is 5.82. The van der Waals surface area contributed by atoms with Gasteiger partial charge in [0.1, 0.15) is 5.75 Å². The summed E-state index contributed by atoms with van der Waals surface area (Å²) in [5, 5.41) is 2.89. The molecule has 2 aromatic carbocycles. The summed E-state index contributed by atoms with van der Waals surface area (Å²) in [6.07, 6.45) is 6.00. The quantitative estimate of drug-likeness (QED) is 0.855. The van der Waals surface area contributed by atoms with E-state index in [2.05, 4.69) is 11.4 Å². The summed E-state index contributed by atoms with van der Waals surface area (Å²) in [4.78, 5) is 26.1. The molecule has 0 saturated carbocycles. The summed E-state index contributed by atoms with van der Waals surface area (Å²) >= 11 is 0. The maximum absolute atomic E-state index is 12.4. The molecule has 5 nitrogen and oxygen atoms in total. The van der Waals surface area contributed by atoms with Crippen molar-refractivity contribution >= 4 is 23.2 Å². The van der Waals surface area contributed by atoms with Crippen LogP contribution in [0.15, 0.2) is 36.4 Å². The molecule has 1 N–H and O–H groups in total. The zero-order valence-electron chi connectivity index (χ0n) is 16.3. The van der Waals surface area contributed by atoms with Crippen LogP contribution in [-0.2, 0) is 22.4 Å². The number of anilines is 2. The van der Waals surface area contributed by atoms with E-state index in [4.69, 9.17) is 4.74 Å². The lowest BCUT2D eigenvalue weighted by molar-refractivity contribution is -0.118. The van der Waals surface area contributed by atoms with Crippen molar-refractivity contribution in [2.24, 2.45) is 0 Å². The van der Waals surface area contributed by atoms with Crippen molar-refractivity contribution in [2.45, 2.75) is 45.4 Å². The second-order valence-corrected chi connectivity index (χ2v) is 7.59. The van der Waals surface area contributed by atoms with Crippen LogP contribution in [0.2, 0.25) is 0 Å². The van der Waals surface area contributed by atoms with Gasteiger partial charge in [0.25, 0.3) is 5.91 Å². The van der Waals surface area contributed by atoms with Crippen molar-refractivity contribution in [1.29, 1.82) is 0 Å². The summed E-state index contributed by atoms with van der Waals surface area (Å²) in [5.74, 6) is 0.809. The number of nitrogens with zero attached hydrogens (tertiary/aromatic N) is 1. The van der Waals surface area contributed by atoms with Gasteiger partial charge in [0.05, 0.1) is 0 Å². The highest BCUT2D eigenvalue weighted by Crippen LogP contribution is 2.30. The van der Waals surface area contributed by atoms with Crippen LogP contribution in [-0.4, -0.2) is 25.0 Å². The van der Waals surface area contributed by atoms with Crippen molar-refractivity contribution in [2.75, 3.05) is 23.4 Å². The summed E-state index contributed by atoms with van der Waals surface area (Å²) in [6.45, 7) is 2.71. The van der Waals surface area contributed by atoms with Gasteiger partial charge in [-0.3, -0.25) is 9.59 Å². The lowest BCUT2D eigenvalue weighted by atomic mass is 9.91. The average molecular weight is 378 g/mol. The number of fused-ring (bicyclic) bond motifs is 1. The van der Waals surface area contributed by atoms with Gasteiger partial charge in [0, 0.05) is 24.3 Å². The number of amides is 2. The van der Waals surface area contributed by atoms with Gasteiger partial charge >= 0.3 is 0 Å². The normalized spacial score (nSPS) is 16.0. The Hall–Kier alpha value is -2.82. The molecule has 0 spiro atoms. The Morgan fingerprint density at radius 2 is 1.96 bits per heavy atom. The molecule has 2 aliphatic rings. The topological polar surface area (TPSA) is 58.6 Å². The Morgan fingerprint density at radius 3 is 2.75 bits per heavy atom. The Bertz CT molecular complexity index is 907. The van der Waals surface area contributed by atoms with Gasteiger partial charge in [0.15, 0.2) is 6.61 Å². The van der Waals surface area contributed by atoms with Crippen molar-refractivity contribution < 1.29 is 14.3 Å². The SMILES string of the molecule is Cc1cc(NC(=O)COc2cccc3c2CCCC3)ccc1N1CCCC1=O. The molecule has 1 aliphatic heterocycles. The van der Waals surface area contributed by atoms with Crippen LogP contribution >= 0.6 is 0 Å². The third kappa shape index (κ3) is 3.88. The molecule has 0 atom stereocenters. The fraction of sp³-hybridized carbons (Fsp3) is 0.391. The molecule has 2 amide bonds. The van der Waals surface area contributed by atoms with Crippen molar-refractivity contribution in [1.82, 2.24) is 0 Å². The number of rotatable bonds is 5. The van der Waals surface area contributed by atoms with Gasteiger partial charge in [-0.15, -0.1) is 0 Å². The van der Waals surface area contributed by atoms with E-state index in [9.17, 15) is 9.59 Å². The first-order valence-corrected chi connectivity index (χ1v) is 10.1. The van der Waals surface area contributed by atoms with E-state index in [1.807, 2.05) is 42.2 Å². The lowest BCUT2D eigenvalue weighted by Gasteiger charge is -2.20. The summed E-state index contributed by atoms with van der Waals surface area (Å²) in [5.41, 5.74) is 5.21. The highest BCUT2D eigenvalue weighted by molar-refractivity contribution is 5.97. The number of nitrogens with one attached hydrogen (secondary N) is 1. The van der Waals surface area contributed by atoms with Gasteiger partial charge in [-0.05, 0) is 80.0 Å². The van der Waals surface area contributed by atoms with E-state index in [1.165, 1.54) is 24.0 Å². The second kappa shape index (κ2) is 8.05. The Labute approximate surface area is 165 Å². The molecule has 1 heterocycles. The molecule has 146 valence electrons. The van der Waals surface area contributed by atoms with Gasteiger partial charge < -0.3 is 15.0 Å². The molecule has 1 aliphatic carbocycles. The molecular weight excluding hydrogens is 352 g/mol. The molecule has 1 saturated heterocycles. The third-order valence-corrected chi connectivity index (χ3v) is 5.56. The molecule has 5 heteroatoms. The number of aryl methyl sites for hydroxylation is 2. The first-order valence-electron chi connectivity index (χ1n) is 10.1. The van der Waals surface area contributed by atoms with Gasteiger partial charge in [-0.2, -0.15) is 0 Å². The van der Waals surface area contributed by atoms with E-state index in [0.717, 1.165) is 48.5 Å². The van der Waals surface area contributed by atoms with E-state index >= 15 is 0 Å². The minimum absolute atomic E-state index is 0.0120. The highest BCUT2D eigenvalue weighted by atomic mass is 16.5. The first kappa shape index (κ1) is 18.5. The molecule has 0 aromatic heterocycles. The fourth-order valence-corrected chi connectivity index (χ4v) is 4.16. The van der Waals surface area contributed by atoms with E-state index < -0.39 is 0 Å². The number of ether oxygens (including phenoxy) is 1. The van der Waals surface area contributed by atoms with Gasteiger partial charge in [0.2, 0.25) is 5.91 Å². The smallest absolute Gasteiger partial charge is 0.262 e. The monoisotopic (exact) mass is 378 g/mol. The molecule has 1 fully saturated rings. The molecule has 2 aromatic rings. The minimum Gasteiger partial charge on any atom is -0.483 e. The lowest BCUT2D eigenvalue weighted by Crippen LogP contribution is -2.25. The Balaban J connectivity index is 1.38. The van der Waals surface area contributed by atoms with E-state index in [0.29, 0.717) is 6.42 Å². The molecule has 0 unspecified atom stereocenters. The maximum Gasteiger partial charge on any atom is 0.262 e. The average Bonchev–Trinajstić information content (AvgIpc) is 3.12. The van der Waals surface area contributed by atoms with Crippen LogP contribution < -0.4 is 15.0 Å². The maximum atomic E-state index is 12.4. The van der Waals surface area contributed by atoms with E-state index in [-0.39, 0.29) is 18.4 Å². The predicted molar refractivity (Wildman–Crippen MR) is 110 cm³/mol. The number of hydrogen-bond donors (Lipinski definition) is 1. The standard InChI is InChI=1S/C23H26N2O3/c1-16-14-18(11-12-20(16)25-13-5-10-23(25)27)24-22(26)15-28-21-9-4-7-17-6-2-3-8-19(17)21/h4,7,9,11-12,14H,2-3,5-6,8,10,13,15H2,1H3,(H,24,26). The highest BCUT2D eigenvalue weighted by Gasteiger charge is 2.23. The zero-order valence-corrected chi connectivity index (χ0v) is 16.3. The molecule has 0 bridgehead atoms. The van der Waals surface area contributed by atoms with Crippen molar-refractivity contribution in [3.8, 4) is 5.75 Å². The Kier molecular flexibility index (Phi) is 5.33. The summed E-state index contributed by atoms with van der Waals surface area (Å²) in [7, 11) is 0. The van der Waals surface area contributed by atoms with Crippen LogP contribution in [0, 0.1) is 6.92 Å². The van der Waals surface area contributed by atoms with Crippen molar-refractivity contribution in [3.05, 3.63) is 53.1 Å². The summed E-state index contributed by atoms with van der Waals surface area (Å²) in [6, 6.07) is 11.8. The third-order valence-electron chi connectivity index (χ3n) is 5.56. The number of carbonyl (C=O) groups is 2. The fourth-order valence-electron chi connectivity index (χ4n) is 4.16. The van der Waals surface area contributed by atoms with E-state index in [1.54, 1.807) is 0 Å². The molecule has 28 heavy (non-hydrogen) atoms. The number of carbonyl (C=O) groups excluding carboxylic acids is 2. The molecular formula is C23H26N2O3. The Morgan fingerprint density at radius 1 is 1.11 bits per heavy atom. The van der Waals surface area contributed by atoms with Gasteiger partial charge in [-0.25, -0.2) is 0 Å². The largest absolute Gasteiger partial charge is 0.483 e.